The fourth-order valence-corrected chi connectivity index (χ4v) is 5.14. The first kappa shape index (κ1) is 21.7. The standard InChI is InChI=1S/C28H31N3O2/c1-2-31-25-11-7-6-10-23(25)24-20-22(12-13-26(24)31)29-27(32)14-17-30-18-15-28(33,16-19-30)21-8-4-3-5-9-21/h3-13,20,33H,2,14-19H2,1H3,(H,29,32). The summed E-state index contributed by atoms with van der Waals surface area (Å²) in [5, 5.41) is 16.5. The van der Waals surface area contributed by atoms with Gasteiger partial charge in [-0.1, -0.05) is 48.5 Å². The lowest BCUT2D eigenvalue weighted by molar-refractivity contribution is -0.116. The van der Waals surface area contributed by atoms with Gasteiger partial charge in [-0.3, -0.25) is 4.79 Å². The first-order valence-corrected chi connectivity index (χ1v) is 11.9. The van der Waals surface area contributed by atoms with Crippen molar-refractivity contribution in [3.05, 3.63) is 78.4 Å². The molecule has 170 valence electrons. The number of amides is 1. The first-order valence-electron chi connectivity index (χ1n) is 11.9. The van der Waals surface area contributed by atoms with E-state index >= 15 is 0 Å². The number of fused-ring (bicyclic) bond motifs is 3. The summed E-state index contributed by atoms with van der Waals surface area (Å²) >= 11 is 0. The van der Waals surface area contributed by atoms with Gasteiger partial charge in [-0.2, -0.15) is 0 Å². The number of aryl methyl sites for hydroxylation is 1. The summed E-state index contributed by atoms with van der Waals surface area (Å²) in [4.78, 5) is 14.9. The Labute approximate surface area is 194 Å². The minimum absolute atomic E-state index is 0.0254. The lowest BCUT2D eigenvalue weighted by Gasteiger charge is -2.38. The molecule has 3 aromatic carbocycles. The summed E-state index contributed by atoms with van der Waals surface area (Å²) in [6.07, 6.45) is 1.83. The van der Waals surface area contributed by atoms with E-state index in [4.69, 9.17) is 0 Å². The molecule has 0 bridgehead atoms. The second-order valence-corrected chi connectivity index (χ2v) is 9.03. The smallest absolute Gasteiger partial charge is 0.225 e. The van der Waals surface area contributed by atoms with Crippen molar-refractivity contribution in [3.8, 4) is 0 Å². The second kappa shape index (κ2) is 9.00. The summed E-state index contributed by atoms with van der Waals surface area (Å²) in [6.45, 7) is 5.35. The zero-order valence-electron chi connectivity index (χ0n) is 19.1. The topological polar surface area (TPSA) is 57.5 Å². The predicted octanol–water partition coefficient (Wildman–Crippen LogP) is 5.13. The second-order valence-electron chi connectivity index (χ2n) is 9.03. The summed E-state index contributed by atoms with van der Waals surface area (Å²) in [5.74, 6) is 0.0254. The number of hydrogen-bond donors (Lipinski definition) is 2. The number of piperidine rings is 1. The Bertz CT molecular complexity index is 1270. The molecule has 0 aliphatic carbocycles. The number of likely N-dealkylation sites (tertiary alicyclic amines) is 1. The van der Waals surface area contributed by atoms with Crippen LogP contribution in [-0.4, -0.2) is 40.1 Å². The number of para-hydroxylation sites is 1. The van der Waals surface area contributed by atoms with E-state index in [1.54, 1.807) is 0 Å². The molecule has 2 heterocycles. The van der Waals surface area contributed by atoms with Crippen LogP contribution in [0.3, 0.4) is 0 Å². The average molecular weight is 442 g/mol. The largest absolute Gasteiger partial charge is 0.385 e. The predicted molar refractivity (Wildman–Crippen MR) is 134 cm³/mol. The van der Waals surface area contributed by atoms with Gasteiger partial charge in [-0.05, 0) is 49.6 Å². The van der Waals surface area contributed by atoms with Gasteiger partial charge in [0.25, 0.3) is 0 Å². The van der Waals surface area contributed by atoms with Crippen LogP contribution >= 0.6 is 0 Å². The molecular formula is C28H31N3O2. The van der Waals surface area contributed by atoms with Crippen LogP contribution in [-0.2, 0) is 16.9 Å². The highest BCUT2D eigenvalue weighted by Crippen LogP contribution is 2.33. The number of aromatic nitrogens is 1. The van der Waals surface area contributed by atoms with Crippen LogP contribution in [0.2, 0.25) is 0 Å². The van der Waals surface area contributed by atoms with Crippen LogP contribution in [0, 0.1) is 0 Å². The Morgan fingerprint density at radius 3 is 2.39 bits per heavy atom. The van der Waals surface area contributed by atoms with Crippen molar-refractivity contribution in [1.29, 1.82) is 0 Å². The number of benzene rings is 3. The van der Waals surface area contributed by atoms with E-state index in [0.717, 1.165) is 30.9 Å². The Hall–Kier alpha value is -3.15. The van der Waals surface area contributed by atoms with Gasteiger partial charge < -0.3 is 19.9 Å². The van der Waals surface area contributed by atoms with Gasteiger partial charge in [0.05, 0.1) is 5.60 Å². The zero-order valence-corrected chi connectivity index (χ0v) is 19.1. The maximum atomic E-state index is 12.7. The zero-order chi connectivity index (χ0) is 22.8. The van der Waals surface area contributed by atoms with Crippen LogP contribution < -0.4 is 5.32 Å². The molecule has 0 saturated carbocycles. The summed E-state index contributed by atoms with van der Waals surface area (Å²) in [7, 11) is 0. The van der Waals surface area contributed by atoms with Crippen molar-refractivity contribution < 1.29 is 9.90 Å². The van der Waals surface area contributed by atoms with Crippen LogP contribution in [0.4, 0.5) is 5.69 Å². The van der Waals surface area contributed by atoms with Gasteiger partial charge in [0.15, 0.2) is 0 Å². The molecular weight excluding hydrogens is 410 g/mol. The normalized spacial score (nSPS) is 16.3. The number of rotatable bonds is 6. The summed E-state index contributed by atoms with van der Waals surface area (Å²) in [6, 6.07) is 24.5. The Morgan fingerprint density at radius 2 is 1.64 bits per heavy atom. The van der Waals surface area contributed by atoms with Gasteiger partial charge in [-0.15, -0.1) is 0 Å². The molecule has 1 aliphatic heterocycles. The third-order valence-corrected chi connectivity index (χ3v) is 7.02. The lowest BCUT2D eigenvalue weighted by Crippen LogP contribution is -2.43. The van der Waals surface area contributed by atoms with Crippen molar-refractivity contribution in [2.75, 3.05) is 25.0 Å². The molecule has 5 heteroatoms. The molecule has 5 rings (SSSR count). The fourth-order valence-electron chi connectivity index (χ4n) is 5.14. The number of carbonyl (C=O) groups excluding carboxylic acids is 1. The Kier molecular flexibility index (Phi) is 5.92. The van der Waals surface area contributed by atoms with Gasteiger partial charge in [0, 0.05) is 60.1 Å². The maximum absolute atomic E-state index is 12.7. The van der Waals surface area contributed by atoms with Crippen LogP contribution in [0.25, 0.3) is 21.8 Å². The number of anilines is 1. The molecule has 5 nitrogen and oxygen atoms in total. The molecule has 1 saturated heterocycles. The van der Waals surface area contributed by atoms with E-state index in [2.05, 4.69) is 58.1 Å². The highest BCUT2D eigenvalue weighted by atomic mass is 16.3. The van der Waals surface area contributed by atoms with E-state index in [0.29, 0.717) is 25.8 Å². The SMILES string of the molecule is CCn1c2ccccc2c2cc(NC(=O)CCN3CCC(O)(c4ccccc4)CC3)ccc21. The van der Waals surface area contributed by atoms with E-state index in [1.807, 2.05) is 36.4 Å². The highest BCUT2D eigenvalue weighted by molar-refractivity contribution is 6.09. The van der Waals surface area contributed by atoms with Crippen molar-refractivity contribution in [1.82, 2.24) is 9.47 Å². The van der Waals surface area contributed by atoms with Crippen molar-refractivity contribution in [2.24, 2.45) is 0 Å². The molecule has 0 unspecified atom stereocenters. The molecule has 1 aromatic heterocycles. The van der Waals surface area contributed by atoms with Crippen molar-refractivity contribution in [3.63, 3.8) is 0 Å². The molecule has 1 aliphatic rings. The number of nitrogens with one attached hydrogen (secondary N) is 1. The lowest BCUT2D eigenvalue weighted by atomic mass is 9.84. The number of carbonyl (C=O) groups is 1. The monoisotopic (exact) mass is 441 g/mol. The van der Waals surface area contributed by atoms with E-state index in [1.165, 1.54) is 21.8 Å². The number of hydrogen-bond acceptors (Lipinski definition) is 3. The van der Waals surface area contributed by atoms with E-state index < -0.39 is 5.60 Å². The number of aliphatic hydroxyl groups is 1. The number of nitrogens with zero attached hydrogens (tertiary/aromatic N) is 2. The van der Waals surface area contributed by atoms with E-state index in [-0.39, 0.29) is 5.91 Å². The Balaban J connectivity index is 1.20. The molecule has 1 fully saturated rings. The minimum atomic E-state index is -0.757. The summed E-state index contributed by atoms with van der Waals surface area (Å²) in [5.41, 5.74) is 3.48. The molecule has 2 N–H and O–H groups in total. The van der Waals surface area contributed by atoms with Crippen molar-refractivity contribution in [2.45, 2.75) is 38.3 Å². The molecule has 33 heavy (non-hydrogen) atoms. The quantitative estimate of drug-likeness (QED) is 0.436. The first-order chi connectivity index (χ1) is 16.1. The van der Waals surface area contributed by atoms with Crippen LogP contribution in [0.5, 0.6) is 0 Å². The Morgan fingerprint density at radius 1 is 0.939 bits per heavy atom. The van der Waals surface area contributed by atoms with E-state index in [9.17, 15) is 9.90 Å². The molecule has 1 amide bonds. The molecule has 4 aromatic rings. The van der Waals surface area contributed by atoms with Gasteiger partial charge in [-0.25, -0.2) is 0 Å². The average Bonchev–Trinajstić information content (AvgIpc) is 3.17. The molecule has 0 radical (unpaired) electrons. The van der Waals surface area contributed by atoms with Gasteiger partial charge in [0.2, 0.25) is 5.91 Å². The minimum Gasteiger partial charge on any atom is -0.385 e. The van der Waals surface area contributed by atoms with Gasteiger partial charge in [0.1, 0.15) is 0 Å². The molecule has 0 atom stereocenters. The van der Waals surface area contributed by atoms with Crippen LogP contribution in [0.1, 0.15) is 31.7 Å². The van der Waals surface area contributed by atoms with Crippen LogP contribution in [0.15, 0.2) is 72.8 Å². The summed E-state index contributed by atoms with van der Waals surface area (Å²) < 4.78 is 2.31. The highest BCUT2D eigenvalue weighted by Gasteiger charge is 2.33. The van der Waals surface area contributed by atoms with Gasteiger partial charge >= 0.3 is 0 Å². The maximum Gasteiger partial charge on any atom is 0.225 e. The third-order valence-electron chi connectivity index (χ3n) is 7.02. The fraction of sp³-hybridized carbons (Fsp3) is 0.321. The third kappa shape index (κ3) is 4.26. The molecule has 0 spiro atoms. The van der Waals surface area contributed by atoms with Crippen molar-refractivity contribution >= 4 is 33.4 Å².